The van der Waals surface area contributed by atoms with E-state index in [-0.39, 0.29) is 6.10 Å². The summed E-state index contributed by atoms with van der Waals surface area (Å²) >= 11 is 0. The van der Waals surface area contributed by atoms with Crippen molar-refractivity contribution in [2.24, 2.45) is 17.8 Å². The van der Waals surface area contributed by atoms with Gasteiger partial charge in [0.05, 0.1) is 6.10 Å². The minimum atomic E-state index is -0.292. The van der Waals surface area contributed by atoms with E-state index in [2.05, 4.69) is 26.5 Å². The Morgan fingerprint density at radius 3 is 2.75 bits per heavy atom. The van der Waals surface area contributed by atoms with Gasteiger partial charge < -0.3 is 5.11 Å². The van der Waals surface area contributed by atoms with E-state index in [1.54, 1.807) is 0 Å². The third-order valence-corrected chi connectivity index (χ3v) is 4.21. The van der Waals surface area contributed by atoms with Crippen molar-refractivity contribution in [3.05, 3.63) is 35.5 Å². The van der Waals surface area contributed by atoms with Crippen LogP contribution in [-0.2, 0) is 0 Å². The summed E-state index contributed by atoms with van der Waals surface area (Å²) in [7, 11) is 0. The molecule has 2 aliphatic rings. The molecule has 0 aliphatic heterocycles. The first-order chi connectivity index (χ1) is 7.50. The lowest BCUT2D eigenvalue weighted by Gasteiger charge is -2.41. The van der Waals surface area contributed by atoms with Gasteiger partial charge >= 0.3 is 0 Å². The molecule has 0 spiro atoms. The van der Waals surface area contributed by atoms with Crippen LogP contribution in [0.15, 0.2) is 35.5 Å². The molecule has 0 amide bonds. The molecule has 16 heavy (non-hydrogen) atoms. The minimum absolute atomic E-state index is 0.292. The predicted octanol–water partition coefficient (Wildman–Crippen LogP) is 3.47. The van der Waals surface area contributed by atoms with E-state index in [0.717, 1.165) is 5.57 Å². The number of fused-ring (bicyclic) bond motifs is 1. The van der Waals surface area contributed by atoms with Crippen LogP contribution >= 0.6 is 0 Å². The van der Waals surface area contributed by atoms with Crippen LogP contribution in [0.2, 0.25) is 0 Å². The second-order valence-electron chi connectivity index (χ2n) is 5.49. The Morgan fingerprint density at radius 2 is 2.12 bits per heavy atom. The second kappa shape index (κ2) is 4.21. The average Bonchev–Trinajstić information content (AvgIpc) is 2.22. The first-order valence-corrected chi connectivity index (χ1v) is 6.23. The molecule has 0 saturated carbocycles. The number of hydrogen-bond donors (Lipinski definition) is 1. The van der Waals surface area contributed by atoms with Crippen molar-refractivity contribution in [2.45, 2.75) is 39.7 Å². The molecule has 1 nitrogen and oxygen atoms in total. The van der Waals surface area contributed by atoms with Gasteiger partial charge in [-0.1, -0.05) is 36.8 Å². The highest BCUT2D eigenvalue weighted by Gasteiger charge is 2.37. The van der Waals surface area contributed by atoms with Crippen LogP contribution in [0.4, 0.5) is 0 Å². The summed E-state index contributed by atoms with van der Waals surface area (Å²) in [5.41, 5.74) is 3.85. The lowest BCUT2D eigenvalue weighted by molar-refractivity contribution is 0.0903. The second-order valence-corrected chi connectivity index (χ2v) is 5.49. The summed E-state index contributed by atoms with van der Waals surface area (Å²) < 4.78 is 0. The third-order valence-electron chi connectivity index (χ3n) is 4.21. The molecule has 2 aliphatic carbocycles. The van der Waals surface area contributed by atoms with Gasteiger partial charge in [-0.2, -0.15) is 0 Å². The van der Waals surface area contributed by atoms with Crippen LogP contribution in [0, 0.1) is 17.8 Å². The van der Waals surface area contributed by atoms with Crippen molar-refractivity contribution < 1.29 is 5.11 Å². The number of aliphatic hydroxyl groups is 1. The van der Waals surface area contributed by atoms with Crippen molar-refractivity contribution in [3.8, 4) is 0 Å². The molecule has 88 valence electrons. The van der Waals surface area contributed by atoms with E-state index in [0.29, 0.717) is 17.8 Å². The Kier molecular flexibility index (Phi) is 3.07. The van der Waals surface area contributed by atoms with Gasteiger partial charge in [-0.15, -0.1) is 0 Å². The van der Waals surface area contributed by atoms with Crippen molar-refractivity contribution in [1.82, 2.24) is 0 Å². The molecule has 4 atom stereocenters. The quantitative estimate of drug-likeness (QED) is 0.668. The van der Waals surface area contributed by atoms with Crippen LogP contribution in [-0.4, -0.2) is 11.2 Å². The Bertz CT molecular complexity index is 362. The number of rotatable bonds is 1. The largest absolute Gasteiger partial charge is 0.389 e. The lowest BCUT2D eigenvalue weighted by atomic mass is 9.65. The minimum Gasteiger partial charge on any atom is -0.389 e. The Labute approximate surface area is 98.6 Å². The maximum atomic E-state index is 10.1. The molecule has 0 saturated heterocycles. The fourth-order valence-electron chi connectivity index (χ4n) is 3.12. The summed E-state index contributed by atoms with van der Waals surface area (Å²) in [5.74, 6) is 1.46. The molecule has 1 heteroatoms. The predicted molar refractivity (Wildman–Crippen MR) is 68.0 cm³/mol. The molecule has 4 unspecified atom stereocenters. The van der Waals surface area contributed by atoms with E-state index in [1.165, 1.54) is 24.0 Å². The molecule has 0 heterocycles. The fourth-order valence-corrected chi connectivity index (χ4v) is 3.12. The van der Waals surface area contributed by atoms with E-state index in [1.807, 2.05) is 13.0 Å². The van der Waals surface area contributed by atoms with Crippen LogP contribution in [0.1, 0.15) is 33.6 Å². The first kappa shape index (κ1) is 11.7. The summed E-state index contributed by atoms with van der Waals surface area (Å²) in [4.78, 5) is 0. The standard InChI is InChI=1S/C15H22O/c1-9(2)13-8-15(16)11(4)12-6-5-10(3)7-14(12)13/h7-8,11-12,14-16H,1,5-6H2,2-4H3. The summed E-state index contributed by atoms with van der Waals surface area (Å²) in [6, 6.07) is 0. The summed E-state index contributed by atoms with van der Waals surface area (Å²) in [5, 5.41) is 10.1. The Balaban J connectivity index is 2.41. The van der Waals surface area contributed by atoms with Gasteiger partial charge in [0.2, 0.25) is 0 Å². The maximum absolute atomic E-state index is 10.1. The molecular weight excluding hydrogens is 196 g/mol. The van der Waals surface area contributed by atoms with Gasteiger partial charge in [0.1, 0.15) is 0 Å². The molecule has 0 bridgehead atoms. The van der Waals surface area contributed by atoms with Gasteiger partial charge in [0.25, 0.3) is 0 Å². The smallest absolute Gasteiger partial charge is 0.0755 e. The molecular formula is C15H22O. The van der Waals surface area contributed by atoms with E-state index < -0.39 is 0 Å². The van der Waals surface area contributed by atoms with Gasteiger partial charge in [0, 0.05) is 5.92 Å². The highest BCUT2D eigenvalue weighted by Crippen LogP contribution is 2.44. The zero-order chi connectivity index (χ0) is 11.9. The molecule has 0 aromatic heterocycles. The molecule has 0 fully saturated rings. The lowest BCUT2D eigenvalue weighted by Crippen LogP contribution is -2.36. The average molecular weight is 218 g/mol. The highest BCUT2D eigenvalue weighted by atomic mass is 16.3. The van der Waals surface area contributed by atoms with Crippen molar-refractivity contribution in [2.75, 3.05) is 0 Å². The number of aliphatic hydroxyl groups excluding tert-OH is 1. The van der Waals surface area contributed by atoms with Crippen molar-refractivity contribution in [1.29, 1.82) is 0 Å². The van der Waals surface area contributed by atoms with Gasteiger partial charge in [-0.3, -0.25) is 0 Å². The van der Waals surface area contributed by atoms with Crippen LogP contribution in [0.25, 0.3) is 0 Å². The van der Waals surface area contributed by atoms with Crippen molar-refractivity contribution >= 4 is 0 Å². The van der Waals surface area contributed by atoms with Gasteiger partial charge in [-0.05, 0) is 44.1 Å². The monoisotopic (exact) mass is 218 g/mol. The van der Waals surface area contributed by atoms with E-state index in [9.17, 15) is 5.11 Å². The van der Waals surface area contributed by atoms with E-state index >= 15 is 0 Å². The van der Waals surface area contributed by atoms with Crippen LogP contribution in [0.3, 0.4) is 0 Å². The number of hydrogen-bond acceptors (Lipinski definition) is 1. The first-order valence-electron chi connectivity index (χ1n) is 6.23. The SMILES string of the molecule is C=C(C)C1=CC(O)C(C)C2CCC(C)=CC12. The summed E-state index contributed by atoms with van der Waals surface area (Å²) in [6.45, 7) is 10.5. The number of allylic oxidation sites excluding steroid dienone is 4. The Hall–Kier alpha value is -0.820. The van der Waals surface area contributed by atoms with Gasteiger partial charge in [0.15, 0.2) is 0 Å². The molecule has 1 N–H and O–H groups in total. The zero-order valence-electron chi connectivity index (χ0n) is 10.5. The van der Waals surface area contributed by atoms with Crippen LogP contribution in [0.5, 0.6) is 0 Å². The van der Waals surface area contributed by atoms with Gasteiger partial charge in [-0.25, -0.2) is 0 Å². The molecule has 0 aromatic carbocycles. The Morgan fingerprint density at radius 1 is 1.44 bits per heavy atom. The highest BCUT2D eigenvalue weighted by molar-refractivity contribution is 5.37. The maximum Gasteiger partial charge on any atom is 0.0755 e. The topological polar surface area (TPSA) is 20.2 Å². The molecule has 2 rings (SSSR count). The normalized spacial score (nSPS) is 38.5. The molecule has 0 aromatic rings. The third kappa shape index (κ3) is 1.89. The van der Waals surface area contributed by atoms with Crippen molar-refractivity contribution in [3.63, 3.8) is 0 Å². The zero-order valence-corrected chi connectivity index (χ0v) is 10.5. The van der Waals surface area contributed by atoms with E-state index in [4.69, 9.17) is 0 Å². The molecule has 0 radical (unpaired) electrons. The van der Waals surface area contributed by atoms with Crippen LogP contribution < -0.4 is 0 Å². The fraction of sp³-hybridized carbons (Fsp3) is 0.600. The summed E-state index contributed by atoms with van der Waals surface area (Å²) in [6.07, 6.45) is 6.50.